The second-order valence-corrected chi connectivity index (χ2v) is 6.43. The molecule has 0 fully saturated rings. The molecule has 0 radical (unpaired) electrons. The summed E-state index contributed by atoms with van der Waals surface area (Å²) >= 11 is 0. The Kier molecular flexibility index (Phi) is 7.58. The van der Waals surface area contributed by atoms with Gasteiger partial charge in [0, 0.05) is 23.5 Å². The van der Waals surface area contributed by atoms with Gasteiger partial charge >= 0.3 is 6.16 Å². The second kappa shape index (κ2) is 8.94. The number of halogens is 1. The molecule has 0 spiro atoms. The maximum absolute atomic E-state index is 11.4. The van der Waals surface area contributed by atoms with Crippen molar-refractivity contribution >= 4 is 17.1 Å². The minimum absolute atomic E-state index is 0. The third kappa shape index (κ3) is 4.65. The normalized spacial score (nSPS) is 11.2. The number of carbonyl (C=O) groups is 1. The third-order valence-corrected chi connectivity index (χ3v) is 4.28. The number of rotatable bonds is 6. The van der Waals surface area contributed by atoms with Crippen LogP contribution in [0.4, 0.5) is 4.79 Å². The zero-order valence-electron chi connectivity index (χ0n) is 15.0. The number of hydrogen-bond acceptors (Lipinski definition) is 3. The molecule has 0 aliphatic carbocycles. The van der Waals surface area contributed by atoms with Gasteiger partial charge in [0.05, 0.1) is 25.7 Å². The quantitative estimate of drug-likeness (QED) is 0.546. The van der Waals surface area contributed by atoms with E-state index in [4.69, 9.17) is 4.74 Å². The van der Waals surface area contributed by atoms with Crippen LogP contribution < -0.4 is 22.0 Å². The van der Waals surface area contributed by atoms with E-state index < -0.39 is 6.16 Å². The molecule has 0 saturated heterocycles. The van der Waals surface area contributed by atoms with Gasteiger partial charge in [-0.3, -0.25) is 0 Å². The molecular formula is C18H27ClN2O3. The molecule has 1 aromatic carbocycles. The summed E-state index contributed by atoms with van der Waals surface area (Å²) in [5.74, 6) is 0.543. The molecule has 6 heteroatoms. The summed E-state index contributed by atoms with van der Waals surface area (Å²) in [6, 6.07) is 6.79. The molecule has 0 saturated carbocycles. The van der Waals surface area contributed by atoms with Crippen LogP contribution in [-0.2, 0) is 11.2 Å². The van der Waals surface area contributed by atoms with E-state index in [2.05, 4.69) is 37.4 Å². The van der Waals surface area contributed by atoms with E-state index in [-0.39, 0.29) is 12.4 Å². The Morgan fingerprint density at radius 2 is 1.88 bits per heavy atom. The zero-order valence-corrected chi connectivity index (χ0v) is 15.7. The Morgan fingerprint density at radius 1 is 1.21 bits per heavy atom. The monoisotopic (exact) mass is 354 g/mol. The summed E-state index contributed by atoms with van der Waals surface area (Å²) in [6.07, 6.45) is 2.24. The van der Waals surface area contributed by atoms with Crippen LogP contribution >= 0.6 is 0 Å². The molecule has 0 amide bonds. The van der Waals surface area contributed by atoms with Crippen molar-refractivity contribution in [3.05, 3.63) is 30.0 Å². The molecule has 1 heterocycles. The predicted octanol–water partition coefficient (Wildman–Crippen LogP) is -0.439. The smallest absolute Gasteiger partial charge is 0.513 e. The van der Waals surface area contributed by atoms with Gasteiger partial charge in [-0.25, -0.2) is 4.79 Å². The highest BCUT2D eigenvalue weighted by atomic mass is 35.5. The van der Waals surface area contributed by atoms with Crippen LogP contribution in [-0.4, -0.2) is 36.9 Å². The first-order chi connectivity index (χ1) is 10.9. The minimum Gasteiger partial charge on any atom is -1.00 e. The summed E-state index contributed by atoms with van der Waals surface area (Å²) in [6.45, 7) is 10.0. The lowest BCUT2D eigenvalue weighted by Crippen LogP contribution is -3.18. The Bertz CT molecular complexity index is 659. The maximum Gasteiger partial charge on any atom is 0.513 e. The fourth-order valence-electron chi connectivity index (χ4n) is 3.16. The van der Waals surface area contributed by atoms with Crippen molar-refractivity contribution in [1.82, 2.24) is 4.98 Å². The molecule has 2 N–H and O–H groups in total. The highest BCUT2D eigenvalue weighted by molar-refractivity contribution is 5.90. The van der Waals surface area contributed by atoms with Gasteiger partial charge in [0.1, 0.15) is 5.75 Å². The fraction of sp³-hybridized carbons (Fsp3) is 0.500. The number of ether oxygens (including phenoxy) is 2. The molecule has 0 bridgehead atoms. The number of fused-ring (bicyclic) bond motifs is 1. The lowest BCUT2D eigenvalue weighted by molar-refractivity contribution is -0.942. The molecule has 0 unspecified atom stereocenters. The predicted molar refractivity (Wildman–Crippen MR) is 91.1 cm³/mol. The standard InChI is InChI=1S/C18H26N2O3.ClH/c1-12(2)20(13(3)4)10-9-14-11-19-15-7-6-8-16(17(14)15)23-18(21)22-5;/h6-8,11-13,19H,9-10H2,1-5H3;1H. The van der Waals surface area contributed by atoms with Gasteiger partial charge in [0.25, 0.3) is 0 Å². The van der Waals surface area contributed by atoms with Crippen molar-refractivity contribution in [2.45, 2.75) is 46.2 Å². The third-order valence-electron chi connectivity index (χ3n) is 4.28. The van der Waals surface area contributed by atoms with Gasteiger partial charge < -0.3 is 31.8 Å². The largest absolute Gasteiger partial charge is 1.00 e. The van der Waals surface area contributed by atoms with Gasteiger partial charge in [0.15, 0.2) is 0 Å². The fourth-order valence-corrected chi connectivity index (χ4v) is 3.16. The van der Waals surface area contributed by atoms with Crippen LogP contribution in [0.25, 0.3) is 10.9 Å². The molecule has 1 aromatic heterocycles. The average molecular weight is 355 g/mol. The Hall–Kier alpha value is -1.72. The Morgan fingerprint density at radius 3 is 2.46 bits per heavy atom. The topological polar surface area (TPSA) is 55.8 Å². The summed E-state index contributed by atoms with van der Waals surface area (Å²) in [5.41, 5.74) is 2.13. The van der Waals surface area contributed by atoms with Gasteiger partial charge in [-0.1, -0.05) is 6.07 Å². The van der Waals surface area contributed by atoms with Crippen molar-refractivity contribution < 1.29 is 31.6 Å². The molecule has 2 rings (SSSR count). The van der Waals surface area contributed by atoms with Crippen molar-refractivity contribution in [2.24, 2.45) is 0 Å². The lowest BCUT2D eigenvalue weighted by atomic mass is 10.1. The number of aromatic nitrogens is 1. The number of carbonyl (C=O) groups excluding carboxylic acids is 1. The maximum atomic E-state index is 11.4. The van der Waals surface area contributed by atoms with E-state index in [1.165, 1.54) is 12.7 Å². The van der Waals surface area contributed by atoms with E-state index in [1.807, 2.05) is 18.3 Å². The van der Waals surface area contributed by atoms with E-state index >= 15 is 0 Å². The van der Waals surface area contributed by atoms with E-state index in [0.717, 1.165) is 23.9 Å². The molecular weight excluding hydrogens is 328 g/mol. The van der Waals surface area contributed by atoms with Gasteiger partial charge in [-0.2, -0.15) is 0 Å². The zero-order chi connectivity index (χ0) is 17.0. The highest BCUT2D eigenvalue weighted by Crippen LogP contribution is 2.29. The molecule has 0 aliphatic rings. The molecule has 24 heavy (non-hydrogen) atoms. The second-order valence-electron chi connectivity index (χ2n) is 6.43. The van der Waals surface area contributed by atoms with Crippen molar-refractivity contribution in [2.75, 3.05) is 13.7 Å². The van der Waals surface area contributed by atoms with Crippen LogP contribution in [0.3, 0.4) is 0 Å². The Balaban J connectivity index is 0.00000288. The van der Waals surface area contributed by atoms with Crippen molar-refractivity contribution in [3.63, 3.8) is 0 Å². The molecule has 0 aliphatic heterocycles. The van der Waals surface area contributed by atoms with Gasteiger partial charge in [0.2, 0.25) is 0 Å². The van der Waals surface area contributed by atoms with Crippen LogP contribution in [0.2, 0.25) is 0 Å². The van der Waals surface area contributed by atoms with Crippen LogP contribution in [0, 0.1) is 0 Å². The van der Waals surface area contributed by atoms with E-state index in [0.29, 0.717) is 17.8 Å². The first-order valence-electron chi connectivity index (χ1n) is 8.14. The van der Waals surface area contributed by atoms with Crippen molar-refractivity contribution in [3.8, 4) is 5.75 Å². The average Bonchev–Trinajstić information content (AvgIpc) is 2.91. The molecule has 5 nitrogen and oxygen atoms in total. The summed E-state index contributed by atoms with van der Waals surface area (Å²) in [7, 11) is 1.31. The van der Waals surface area contributed by atoms with Gasteiger partial charge in [-0.05, 0) is 45.4 Å². The number of aromatic amines is 1. The number of quaternary nitrogens is 1. The van der Waals surface area contributed by atoms with E-state index in [1.54, 1.807) is 11.0 Å². The number of benzene rings is 1. The number of nitrogens with one attached hydrogen (secondary N) is 2. The number of H-pyrrole nitrogens is 1. The minimum atomic E-state index is -0.693. The van der Waals surface area contributed by atoms with E-state index in [9.17, 15) is 4.79 Å². The summed E-state index contributed by atoms with van der Waals surface area (Å²) in [4.78, 5) is 16.3. The summed E-state index contributed by atoms with van der Waals surface area (Å²) < 4.78 is 9.89. The number of hydrogen-bond donors (Lipinski definition) is 2. The molecule has 2 aromatic rings. The first-order valence-corrected chi connectivity index (χ1v) is 8.14. The lowest BCUT2D eigenvalue weighted by Gasteiger charge is -2.27. The SMILES string of the molecule is COC(=O)Oc1cccc2[nH]cc(CC[NH+](C(C)C)C(C)C)c12.[Cl-]. The highest BCUT2D eigenvalue weighted by Gasteiger charge is 2.19. The number of methoxy groups -OCH3 is 1. The van der Waals surface area contributed by atoms with Gasteiger partial charge in [-0.15, -0.1) is 0 Å². The first kappa shape index (κ1) is 20.3. The summed E-state index contributed by atoms with van der Waals surface area (Å²) in [5, 5.41) is 0.963. The van der Waals surface area contributed by atoms with Crippen LogP contribution in [0.1, 0.15) is 33.3 Å². The van der Waals surface area contributed by atoms with Crippen LogP contribution in [0.5, 0.6) is 5.75 Å². The van der Waals surface area contributed by atoms with Crippen molar-refractivity contribution in [1.29, 1.82) is 0 Å². The van der Waals surface area contributed by atoms with Crippen LogP contribution in [0.15, 0.2) is 24.4 Å². The Labute approximate surface area is 149 Å². The molecule has 0 atom stereocenters. The molecule has 134 valence electrons.